The van der Waals surface area contributed by atoms with Gasteiger partial charge in [-0.2, -0.15) is 0 Å². The average molecular weight is 290 g/mol. The van der Waals surface area contributed by atoms with Gasteiger partial charge in [-0.1, -0.05) is 6.07 Å². The van der Waals surface area contributed by atoms with Gasteiger partial charge >= 0.3 is 0 Å². The van der Waals surface area contributed by atoms with Crippen molar-refractivity contribution in [1.29, 1.82) is 0 Å². The van der Waals surface area contributed by atoms with E-state index in [9.17, 15) is 14.3 Å². The van der Waals surface area contributed by atoms with Crippen molar-refractivity contribution in [3.63, 3.8) is 0 Å². The lowest BCUT2D eigenvalue weighted by Gasteiger charge is -2.10. The fourth-order valence-corrected chi connectivity index (χ4v) is 1.74. The Morgan fingerprint density at radius 1 is 1.29 bits per heavy atom. The summed E-state index contributed by atoms with van der Waals surface area (Å²) in [6.45, 7) is 0.0526. The standard InChI is InChI=1S/C15H15FN2O3/c16-11-4-5-14(19)10(6-11)8-18-12-2-1-3-13(7-12)21-9-15(17)20/h1-7,18-19H,8-9H2,(H2,17,20). The van der Waals surface area contributed by atoms with Crippen LogP contribution in [0.3, 0.4) is 0 Å². The summed E-state index contributed by atoms with van der Waals surface area (Å²) in [6, 6.07) is 10.6. The molecule has 0 fully saturated rings. The lowest BCUT2D eigenvalue weighted by atomic mass is 10.2. The molecular weight excluding hydrogens is 275 g/mol. The average Bonchev–Trinajstić information content (AvgIpc) is 2.46. The molecule has 0 saturated carbocycles. The maximum absolute atomic E-state index is 13.1. The molecule has 4 N–H and O–H groups in total. The van der Waals surface area contributed by atoms with Crippen LogP contribution in [0.4, 0.5) is 10.1 Å². The van der Waals surface area contributed by atoms with Gasteiger partial charge in [0.2, 0.25) is 0 Å². The number of amides is 1. The summed E-state index contributed by atoms with van der Waals surface area (Å²) in [4.78, 5) is 10.7. The van der Waals surface area contributed by atoms with E-state index < -0.39 is 11.7 Å². The third kappa shape index (κ3) is 4.38. The number of primary amides is 1. The normalized spacial score (nSPS) is 10.1. The molecule has 0 spiro atoms. The molecule has 2 aromatic rings. The second-order valence-corrected chi connectivity index (χ2v) is 4.41. The second-order valence-electron chi connectivity index (χ2n) is 4.41. The zero-order chi connectivity index (χ0) is 15.2. The molecule has 0 aromatic heterocycles. The van der Waals surface area contributed by atoms with Crippen molar-refractivity contribution in [3.05, 3.63) is 53.8 Å². The molecule has 6 heteroatoms. The summed E-state index contributed by atoms with van der Waals surface area (Å²) in [5.41, 5.74) is 6.15. The number of ether oxygens (including phenoxy) is 1. The lowest BCUT2D eigenvalue weighted by molar-refractivity contribution is -0.119. The van der Waals surface area contributed by atoms with Crippen molar-refractivity contribution >= 4 is 11.6 Å². The summed E-state index contributed by atoms with van der Waals surface area (Å²) in [6.07, 6.45) is 0. The van der Waals surface area contributed by atoms with Crippen LogP contribution in [-0.2, 0) is 11.3 Å². The van der Waals surface area contributed by atoms with Gasteiger partial charge in [-0.15, -0.1) is 0 Å². The van der Waals surface area contributed by atoms with Crippen LogP contribution in [-0.4, -0.2) is 17.6 Å². The van der Waals surface area contributed by atoms with Gasteiger partial charge in [-0.3, -0.25) is 4.79 Å². The van der Waals surface area contributed by atoms with Gasteiger partial charge in [0.05, 0.1) is 0 Å². The van der Waals surface area contributed by atoms with Crippen LogP contribution in [0.1, 0.15) is 5.56 Å². The Balaban J connectivity index is 2.01. The zero-order valence-electron chi connectivity index (χ0n) is 11.2. The topological polar surface area (TPSA) is 84.6 Å². The van der Waals surface area contributed by atoms with Gasteiger partial charge in [0.1, 0.15) is 17.3 Å². The maximum atomic E-state index is 13.1. The van der Waals surface area contributed by atoms with Gasteiger partial charge in [0, 0.05) is 23.9 Å². The van der Waals surface area contributed by atoms with E-state index in [4.69, 9.17) is 10.5 Å². The fraction of sp³-hybridized carbons (Fsp3) is 0.133. The number of carbonyl (C=O) groups excluding carboxylic acids is 1. The van der Waals surface area contributed by atoms with Crippen LogP contribution in [0.15, 0.2) is 42.5 Å². The highest BCUT2D eigenvalue weighted by Crippen LogP contribution is 2.21. The second kappa shape index (κ2) is 6.60. The number of nitrogens with two attached hydrogens (primary N) is 1. The minimum atomic E-state index is -0.557. The number of aromatic hydroxyl groups is 1. The van der Waals surface area contributed by atoms with Gasteiger partial charge in [0.15, 0.2) is 6.61 Å². The molecule has 0 heterocycles. The van der Waals surface area contributed by atoms with Crippen LogP contribution in [0.2, 0.25) is 0 Å². The third-order valence-corrected chi connectivity index (χ3v) is 2.74. The Kier molecular flexibility index (Phi) is 4.61. The Hall–Kier alpha value is -2.76. The van der Waals surface area contributed by atoms with Crippen molar-refractivity contribution in [2.45, 2.75) is 6.54 Å². The fourth-order valence-electron chi connectivity index (χ4n) is 1.74. The Labute approximate surface area is 121 Å². The molecule has 0 saturated heterocycles. The Bertz CT molecular complexity index is 647. The van der Waals surface area contributed by atoms with E-state index in [0.717, 1.165) is 0 Å². The predicted molar refractivity (Wildman–Crippen MR) is 76.5 cm³/mol. The largest absolute Gasteiger partial charge is 0.508 e. The van der Waals surface area contributed by atoms with E-state index >= 15 is 0 Å². The molecule has 0 aliphatic rings. The number of carbonyl (C=O) groups is 1. The molecule has 1 amide bonds. The van der Waals surface area contributed by atoms with E-state index in [0.29, 0.717) is 17.0 Å². The molecule has 2 aromatic carbocycles. The van der Waals surface area contributed by atoms with Crippen LogP contribution in [0.5, 0.6) is 11.5 Å². The monoisotopic (exact) mass is 290 g/mol. The molecule has 0 unspecified atom stereocenters. The van der Waals surface area contributed by atoms with Crippen molar-refractivity contribution in [3.8, 4) is 11.5 Å². The van der Waals surface area contributed by atoms with Crippen molar-refractivity contribution in [2.24, 2.45) is 5.73 Å². The summed E-state index contributed by atoms with van der Waals surface area (Å²) in [5, 5.41) is 12.7. The Morgan fingerprint density at radius 3 is 2.86 bits per heavy atom. The lowest BCUT2D eigenvalue weighted by Crippen LogP contribution is -2.20. The quantitative estimate of drug-likeness (QED) is 0.759. The first kappa shape index (κ1) is 14.6. The minimum Gasteiger partial charge on any atom is -0.508 e. The molecular formula is C15H15FN2O3. The first-order valence-electron chi connectivity index (χ1n) is 6.27. The predicted octanol–water partition coefficient (Wildman–Crippen LogP) is 2.01. The summed E-state index contributed by atoms with van der Waals surface area (Å²) in [7, 11) is 0. The SMILES string of the molecule is NC(=O)COc1cccc(NCc2cc(F)ccc2O)c1. The van der Waals surface area contributed by atoms with E-state index in [1.165, 1.54) is 18.2 Å². The van der Waals surface area contributed by atoms with Gasteiger partial charge in [-0.25, -0.2) is 4.39 Å². The van der Waals surface area contributed by atoms with E-state index in [2.05, 4.69) is 5.32 Å². The van der Waals surface area contributed by atoms with E-state index in [1.807, 2.05) is 0 Å². The molecule has 110 valence electrons. The highest BCUT2D eigenvalue weighted by atomic mass is 19.1. The zero-order valence-corrected chi connectivity index (χ0v) is 11.2. The van der Waals surface area contributed by atoms with E-state index in [-0.39, 0.29) is 18.9 Å². The maximum Gasteiger partial charge on any atom is 0.255 e. The number of rotatable bonds is 6. The van der Waals surface area contributed by atoms with Crippen LogP contribution in [0.25, 0.3) is 0 Å². The van der Waals surface area contributed by atoms with Crippen LogP contribution < -0.4 is 15.8 Å². The number of hydrogen-bond acceptors (Lipinski definition) is 4. The number of anilines is 1. The van der Waals surface area contributed by atoms with Gasteiger partial charge < -0.3 is 20.9 Å². The molecule has 0 aliphatic carbocycles. The molecule has 2 rings (SSSR count). The summed E-state index contributed by atoms with van der Waals surface area (Å²) < 4.78 is 18.3. The first-order valence-corrected chi connectivity index (χ1v) is 6.27. The number of halogens is 1. The van der Waals surface area contributed by atoms with Crippen LogP contribution in [0, 0.1) is 5.82 Å². The molecule has 0 radical (unpaired) electrons. The first-order chi connectivity index (χ1) is 10.0. The smallest absolute Gasteiger partial charge is 0.255 e. The number of phenols is 1. The summed E-state index contributed by atoms with van der Waals surface area (Å²) in [5.74, 6) is -0.464. The van der Waals surface area contributed by atoms with Gasteiger partial charge in [0.25, 0.3) is 5.91 Å². The Morgan fingerprint density at radius 2 is 2.10 bits per heavy atom. The molecule has 0 bridgehead atoms. The molecule has 0 aliphatic heterocycles. The number of phenolic OH excluding ortho intramolecular Hbond substituents is 1. The molecule has 0 atom stereocenters. The molecule has 21 heavy (non-hydrogen) atoms. The van der Waals surface area contributed by atoms with Gasteiger partial charge in [-0.05, 0) is 30.3 Å². The van der Waals surface area contributed by atoms with Crippen molar-refractivity contribution in [1.82, 2.24) is 0 Å². The summed E-state index contributed by atoms with van der Waals surface area (Å²) >= 11 is 0. The minimum absolute atomic E-state index is 0.0185. The number of hydrogen-bond donors (Lipinski definition) is 3. The highest BCUT2D eigenvalue weighted by Gasteiger charge is 2.04. The number of benzene rings is 2. The third-order valence-electron chi connectivity index (χ3n) is 2.74. The van der Waals surface area contributed by atoms with Crippen molar-refractivity contribution < 1.29 is 19.0 Å². The van der Waals surface area contributed by atoms with Crippen LogP contribution >= 0.6 is 0 Å². The number of nitrogens with one attached hydrogen (secondary N) is 1. The molecule has 5 nitrogen and oxygen atoms in total. The van der Waals surface area contributed by atoms with E-state index in [1.54, 1.807) is 24.3 Å². The van der Waals surface area contributed by atoms with Crippen molar-refractivity contribution in [2.75, 3.05) is 11.9 Å². The highest BCUT2D eigenvalue weighted by molar-refractivity contribution is 5.75.